The van der Waals surface area contributed by atoms with Gasteiger partial charge in [0.05, 0.1) is 13.2 Å². The molecule has 0 radical (unpaired) electrons. The van der Waals surface area contributed by atoms with Crippen LogP contribution in [0.15, 0.2) is 18.2 Å². The Morgan fingerprint density at radius 2 is 1.85 bits per heavy atom. The standard InChI is InChI=1S/C18H26O2/c1-3-14-6-4-7-15(12-14)16-8-5-9-17(13(16)2)18-19-10-11-20-18/h5,8-9,14-15,18H,3-4,6-7,10-12H2,1-2H3. The molecule has 1 aliphatic heterocycles. The summed E-state index contributed by atoms with van der Waals surface area (Å²) in [4.78, 5) is 0. The van der Waals surface area contributed by atoms with Crippen molar-refractivity contribution < 1.29 is 9.47 Å². The quantitative estimate of drug-likeness (QED) is 0.793. The smallest absolute Gasteiger partial charge is 0.184 e. The second kappa shape index (κ2) is 6.28. The molecule has 1 saturated heterocycles. The van der Waals surface area contributed by atoms with E-state index < -0.39 is 0 Å². The van der Waals surface area contributed by atoms with Crippen molar-refractivity contribution in [2.45, 2.75) is 58.2 Å². The fraction of sp³-hybridized carbons (Fsp3) is 0.667. The van der Waals surface area contributed by atoms with Crippen LogP contribution in [-0.2, 0) is 9.47 Å². The summed E-state index contributed by atoms with van der Waals surface area (Å²) in [5.74, 6) is 1.64. The van der Waals surface area contributed by atoms with Gasteiger partial charge in [-0.3, -0.25) is 0 Å². The van der Waals surface area contributed by atoms with Crippen LogP contribution in [-0.4, -0.2) is 13.2 Å². The summed E-state index contributed by atoms with van der Waals surface area (Å²) in [5, 5.41) is 0. The van der Waals surface area contributed by atoms with Crippen LogP contribution >= 0.6 is 0 Å². The first-order chi connectivity index (χ1) is 9.79. The van der Waals surface area contributed by atoms with E-state index in [1.165, 1.54) is 48.8 Å². The van der Waals surface area contributed by atoms with Gasteiger partial charge >= 0.3 is 0 Å². The van der Waals surface area contributed by atoms with Crippen molar-refractivity contribution in [3.8, 4) is 0 Å². The van der Waals surface area contributed by atoms with Gasteiger partial charge in [0, 0.05) is 5.56 Å². The van der Waals surface area contributed by atoms with Crippen molar-refractivity contribution in [3.63, 3.8) is 0 Å². The van der Waals surface area contributed by atoms with Gasteiger partial charge in [-0.05, 0) is 42.7 Å². The van der Waals surface area contributed by atoms with Crippen molar-refractivity contribution in [3.05, 3.63) is 34.9 Å². The molecule has 0 aromatic heterocycles. The molecule has 1 saturated carbocycles. The maximum absolute atomic E-state index is 5.68. The first kappa shape index (κ1) is 14.1. The minimum Gasteiger partial charge on any atom is -0.346 e. The van der Waals surface area contributed by atoms with Crippen molar-refractivity contribution in [2.24, 2.45) is 5.92 Å². The molecule has 3 rings (SSSR count). The second-order valence-corrected chi connectivity index (χ2v) is 6.27. The molecule has 2 unspecified atom stereocenters. The second-order valence-electron chi connectivity index (χ2n) is 6.27. The molecule has 20 heavy (non-hydrogen) atoms. The monoisotopic (exact) mass is 274 g/mol. The number of hydrogen-bond acceptors (Lipinski definition) is 2. The molecule has 1 aromatic rings. The minimum absolute atomic E-state index is 0.138. The van der Waals surface area contributed by atoms with E-state index in [1.807, 2.05) is 0 Å². The highest BCUT2D eigenvalue weighted by molar-refractivity contribution is 5.37. The Labute approximate surface area is 122 Å². The van der Waals surface area contributed by atoms with Crippen molar-refractivity contribution in [1.29, 1.82) is 0 Å². The summed E-state index contributed by atoms with van der Waals surface area (Å²) in [6, 6.07) is 6.66. The number of hydrogen-bond donors (Lipinski definition) is 0. The lowest BCUT2D eigenvalue weighted by molar-refractivity contribution is -0.0446. The first-order valence-corrected chi connectivity index (χ1v) is 8.12. The van der Waals surface area contributed by atoms with Crippen LogP contribution in [0.1, 0.15) is 67.9 Å². The molecule has 0 spiro atoms. The molecule has 2 nitrogen and oxygen atoms in total. The lowest BCUT2D eigenvalue weighted by Crippen LogP contribution is -2.15. The maximum Gasteiger partial charge on any atom is 0.184 e. The highest BCUT2D eigenvalue weighted by atomic mass is 16.7. The van der Waals surface area contributed by atoms with Crippen LogP contribution in [0.2, 0.25) is 0 Å². The van der Waals surface area contributed by atoms with Crippen LogP contribution in [0.4, 0.5) is 0 Å². The van der Waals surface area contributed by atoms with E-state index in [2.05, 4.69) is 32.0 Å². The average Bonchev–Trinajstić information content (AvgIpc) is 3.01. The van der Waals surface area contributed by atoms with Crippen LogP contribution in [0.3, 0.4) is 0 Å². The van der Waals surface area contributed by atoms with Gasteiger partial charge in [0.15, 0.2) is 6.29 Å². The summed E-state index contributed by atoms with van der Waals surface area (Å²) < 4.78 is 11.4. The highest BCUT2D eigenvalue weighted by Gasteiger charge is 2.26. The molecule has 0 N–H and O–H groups in total. The van der Waals surface area contributed by atoms with Crippen molar-refractivity contribution in [1.82, 2.24) is 0 Å². The molecular weight excluding hydrogens is 248 g/mol. The lowest BCUT2D eigenvalue weighted by Gasteiger charge is -2.30. The van der Waals surface area contributed by atoms with Gasteiger partial charge in [0.1, 0.15) is 0 Å². The molecule has 0 bridgehead atoms. The van der Waals surface area contributed by atoms with E-state index in [1.54, 1.807) is 0 Å². The van der Waals surface area contributed by atoms with E-state index in [0.717, 1.165) is 25.0 Å². The maximum atomic E-state index is 5.68. The number of ether oxygens (including phenoxy) is 2. The lowest BCUT2D eigenvalue weighted by atomic mass is 9.75. The van der Waals surface area contributed by atoms with Crippen molar-refractivity contribution in [2.75, 3.05) is 13.2 Å². The molecule has 2 heteroatoms. The van der Waals surface area contributed by atoms with Gasteiger partial charge in [-0.25, -0.2) is 0 Å². The van der Waals surface area contributed by atoms with Gasteiger partial charge in [-0.2, -0.15) is 0 Å². The molecule has 0 amide bonds. The van der Waals surface area contributed by atoms with E-state index in [0.29, 0.717) is 0 Å². The predicted octanol–water partition coefficient (Wildman–Crippen LogP) is 4.72. The van der Waals surface area contributed by atoms with Gasteiger partial charge < -0.3 is 9.47 Å². The van der Waals surface area contributed by atoms with Gasteiger partial charge in [-0.15, -0.1) is 0 Å². The highest BCUT2D eigenvalue weighted by Crippen LogP contribution is 2.40. The summed E-state index contributed by atoms with van der Waals surface area (Å²) >= 11 is 0. The minimum atomic E-state index is -0.138. The Balaban J connectivity index is 1.84. The molecule has 1 aliphatic carbocycles. The molecule has 1 heterocycles. The third kappa shape index (κ3) is 2.77. The fourth-order valence-corrected chi connectivity index (χ4v) is 3.85. The van der Waals surface area contributed by atoms with Crippen molar-refractivity contribution >= 4 is 0 Å². The average molecular weight is 274 g/mol. The molecule has 1 aromatic carbocycles. The Morgan fingerprint density at radius 3 is 2.60 bits per heavy atom. The summed E-state index contributed by atoms with van der Waals surface area (Å²) in [7, 11) is 0. The Hall–Kier alpha value is -0.860. The van der Waals surface area contributed by atoms with Crippen LogP contribution in [0.25, 0.3) is 0 Å². The topological polar surface area (TPSA) is 18.5 Å². The summed E-state index contributed by atoms with van der Waals surface area (Å²) in [5.41, 5.74) is 4.15. The number of rotatable bonds is 3. The Kier molecular flexibility index (Phi) is 4.42. The molecule has 2 fully saturated rings. The van der Waals surface area contributed by atoms with Crippen LogP contribution in [0.5, 0.6) is 0 Å². The van der Waals surface area contributed by atoms with Crippen LogP contribution < -0.4 is 0 Å². The molecule has 2 aliphatic rings. The Bertz CT molecular complexity index is 449. The van der Waals surface area contributed by atoms with Gasteiger partial charge in [-0.1, -0.05) is 44.4 Å². The molecular formula is C18H26O2. The SMILES string of the molecule is CCC1CCCC(c2cccc(C3OCCO3)c2C)C1. The fourth-order valence-electron chi connectivity index (χ4n) is 3.85. The summed E-state index contributed by atoms with van der Waals surface area (Å²) in [6.45, 7) is 6.01. The van der Waals surface area contributed by atoms with E-state index in [4.69, 9.17) is 9.47 Å². The summed E-state index contributed by atoms with van der Waals surface area (Å²) in [6.07, 6.45) is 6.68. The number of benzene rings is 1. The zero-order valence-corrected chi connectivity index (χ0v) is 12.7. The van der Waals surface area contributed by atoms with E-state index in [9.17, 15) is 0 Å². The van der Waals surface area contributed by atoms with Gasteiger partial charge in [0.25, 0.3) is 0 Å². The van der Waals surface area contributed by atoms with E-state index >= 15 is 0 Å². The van der Waals surface area contributed by atoms with E-state index in [-0.39, 0.29) is 6.29 Å². The zero-order chi connectivity index (χ0) is 13.9. The van der Waals surface area contributed by atoms with Crippen LogP contribution in [0, 0.1) is 12.8 Å². The molecule has 110 valence electrons. The predicted molar refractivity (Wildman–Crippen MR) is 80.8 cm³/mol. The largest absolute Gasteiger partial charge is 0.346 e. The third-order valence-corrected chi connectivity index (χ3v) is 5.09. The normalized spacial score (nSPS) is 27.9. The molecule has 2 atom stereocenters. The first-order valence-electron chi connectivity index (χ1n) is 8.12. The Morgan fingerprint density at radius 1 is 1.10 bits per heavy atom. The zero-order valence-electron chi connectivity index (χ0n) is 12.7. The third-order valence-electron chi connectivity index (χ3n) is 5.09. The van der Waals surface area contributed by atoms with Gasteiger partial charge in [0.2, 0.25) is 0 Å².